The zero-order valence-electron chi connectivity index (χ0n) is 18.5. The largest absolute Gasteiger partial charge is 0.278 e. The molecule has 7 rings (SSSR count). The molecule has 2 heterocycles. The molecule has 0 saturated carbocycles. The van der Waals surface area contributed by atoms with E-state index >= 15 is 0 Å². The van der Waals surface area contributed by atoms with Crippen molar-refractivity contribution in [3.63, 3.8) is 0 Å². The normalized spacial score (nSPS) is 13.1. The van der Waals surface area contributed by atoms with E-state index in [-0.39, 0.29) is 0 Å². The topological polar surface area (TPSA) is 48.8 Å². The van der Waals surface area contributed by atoms with Gasteiger partial charge in [-0.25, -0.2) is 0 Å². The molecule has 0 aliphatic rings. The van der Waals surface area contributed by atoms with Crippen LogP contribution >= 0.6 is 67.9 Å². The number of benzene rings is 3. The minimum atomic E-state index is 0.975. The molecule has 0 aliphatic heterocycles. The van der Waals surface area contributed by atoms with Gasteiger partial charge in [0.05, 0.1) is 27.9 Å². The van der Waals surface area contributed by atoms with Crippen molar-refractivity contribution in [3.8, 4) is 0 Å². The van der Waals surface area contributed by atoms with Crippen molar-refractivity contribution < 1.29 is 0 Å². The lowest BCUT2D eigenvalue weighted by atomic mass is 10.1. The minimum absolute atomic E-state index is 0.975. The molecule has 174 valence electrons. The Balaban J connectivity index is 1.52. The highest BCUT2D eigenvalue weighted by molar-refractivity contribution is 14.1. The highest BCUT2D eigenvalue weighted by Gasteiger charge is 2.18. The predicted molar refractivity (Wildman–Crippen MR) is 171 cm³/mol. The van der Waals surface area contributed by atoms with Gasteiger partial charge in [0.2, 0.25) is 0 Å². The van der Waals surface area contributed by atoms with E-state index in [0.717, 1.165) is 22.1 Å². The summed E-state index contributed by atoms with van der Waals surface area (Å²) in [6.45, 7) is 0. The molecule has 0 saturated heterocycles. The van der Waals surface area contributed by atoms with Gasteiger partial charge in [0.15, 0.2) is 0 Å². The summed E-state index contributed by atoms with van der Waals surface area (Å²) in [5.41, 5.74) is 8.50. The Bertz CT molecular complexity index is 1870. The van der Waals surface area contributed by atoms with E-state index < -0.39 is 0 Å². The molecule has 0 radical (unpaired) electrons. The fraction of sp³-hybridized carbons (Fsp3) is 0. The van der Waals surface area contributed by atoms with E-state index in [1.54, 1.807) is 0 Å². The van der Waals surface area contributed by atoms with Gasteiger partial charge in [-0.1, -0.05) is 36.4 Å². The lowest BCUT2D eigenvalue weighted by Crippen LogP contribution is -2.05. The van der Waals surface area contributed by atoms with Crippen LogP contribution in [-0.2, 0) is 0 Å². The van der Waals surface area contributed by atoms with Gasteiger partial charge in [-0.05, 0) is 93.7 Å². The predicted octanol–water partition coefficient (Wildman–Crippen LogP) is 8.36. The second-order valence-electron chi connectivity index (χ2n) is 8.41. The van der Waals surface area contributed by atoms with Gasteiger partial charge in [0.25, 0.3) is 0 Å². The molecule has 0 spiro atoms. The van der Waals surface area contributed by atoms with Crippen LogP contribution in [-0.4, -0.2) is 0 Å². The second-order valence-corrected chi connectivity index (χ2v) is 14.3. The quantitative estimate of drug-likeness (QED) is 0.142. The van der Waals surface area contributed by atoms with Crippen LogP contribution < -0.4 is 21.6 Å². The van der Waals surface area contributed by atoms with E-state index in [9.17, 15) is 0 Å². The van der Waals surface area contributed by atoms with E-state index in [0.29, 0.717) is 0 Å². The molecule has 0 amide bonds. The number of nitrogens with zero attached hydrogens (tertiary/aromatic N) is 2. The molecule has 7 aromatic rings. The van der Waals surface area contributed by atoms with Gasteiger partial charge in [0, 0.05) is 41.7 Å². The average molecular weight is 726 g/mol. The summed E-state index contributed by atoms with van der Waals surface area (Å²) in [6.07, 6.45) is 0. The molecule has 2 aromatic heterocycles. The molecule has 0 atom stereocenters. The van der Waals surface area contributed by atoms with Crippen molar-refractivity contribution in [2.24, 2.45) is 10.2 Å². The van der Waals surface area contributed by atoms with Crippen molar-refractivity contribution >= 4 is 121 Å². The van der Waals surface area contributed by atoms with Crippen molar-refractivity contribution in [3.05, 3.63) is 101 Å². The maximum atomic E-state index is 4.90. The lowest BCUT2D eigenvalue weighted by molar-refractivity contribution is 1.25. The van der Waals surface area contributed by atoms with E-state index in [1.165, 1.54) is 47.5 Å². The summed E-state index contributed by atoms with van der Waals surface area (Å²) in [5, 5.41) is 18.9. The molecular weight excluding hydrogens is 710 g/mol. The number of thiophene rings is 2. The number of hydrogen-bond donors (Lipinski definition) is 2. The van der Waals surface area contributed by atoms with Crippen LogP contribution in [0.1, 0.15) is 0 Å². The van der Waals surface area contributed by atoms with Crippen LogP contribution in [0.15, 0.2) is 95.1 Å². The summed E-state index contributed by atoms with van der Waals surface area (Å²) in [6, 6.07) is 29.3. The molecule has 5 aromatic carbocycles. The zero-order chi connectivity index (χ0) is 24.2. The van der Waals surface area contributed by atoms with Gasteiger partial charge in [-0.2, -0.15) is 10.2 Å². The first-order chi connectivity index (χ1) is 17.7. The van der Waals surface area contributed by atoms with Crippen molar-refractivity contribution in [1.29, 1.82) is 0 Å². The fourth-order valence-corrected chi connectivity index (χ4v) is 8.41. The molecular formula is C28H16I2N4S2. The Morgan fingerprint density at radius 3 is 1.33 bits per heavy atom. The van der Waals surface area contributed by atoms with Crippen LogP contribution in [0.5, 0.6) is 0 Å². The second kappa shape index (κ2) is 9.09. The van der Waals surface area contributed by atoms with E-state index in [1.807, 2.05) is 83.3 Å². The molecule has 0 fully saturated rings. The first-order valence-electron chi connectivity index (χ1n) is 11.2. The molecule has 36 heavy (non-hydrogen) atoms. The van der Waals surface area contributed by atoms with Crippen LogP contribution in [0.4, 0.5) is 11.4 Å². The number of rotatable bonds is 4. The van der Waals surface area contributed by atoms with Gasteiger partial charge in [-0.3, -0.25) is 10.9 Å². The first kappa shape index (κ1) is 22.6. The van der Waals surface area contributed by atoms with E-state index in [2.05, 4.69) is 80.3 Å². The van der Waals surface area contributed by atoms with Crippen molar-refractivity contribution in [2.75, 3.05) is 10.9 Å². The Morgan fingerprint density at radius 1 is 0.500 bits per heavy atom. The van der Waals surface area contributed by atoms with Gasteiger partial charge >= 0.3 is 0 Å². The number of hydrogen-bond acceptors (Lipinski definition) is 6. The standard InChI is InChI=1S/C28H16I2N4S2/c29-23-13-21-25(33-31-15-7-3-1-4-8-15)17-11-20-18(12-19(17)27(21)35-23)26(22-14-24(30)36-28(20)22)34-32-16-9-5-2-6-10-16/h1-14,31-32H/b33-25-,34-26-. The van der Waals surface area contributed by atoms with Crippen molar-refractivity contribution in [2.45, 2.75) is 0 Å². The highest BCUT2D eigenvalue weighted by Crippen LogP contribution is 2.38. The summed E-state index contributed by atoms with van der Waals surface area (Å²) < 4.78 is 5.05. The van der Waals surface area contributed by atoms with Crippen LogP contribution in [0, 0.1) is 5.77 Å². The minimum Gasteiger partial charge on any atom is -0.278 e. The Morgan fingerprint density at radius 2 is 0.917 bits per heavy atom. The monoisotopic (exact) mass is 726 g/mol. The molecule has 8 heteroatoms. The zero-order valence-corrected chi connectivity index (χ0v) is 24.5. The maximum Gasteiger partial charge on any atom is 0.0999 e. The van der Waals surface area contributed by atoms with Gasteiger partial charge < -0.3 is 0 Å². The third kappa shape index (κ3) is 3.82. The number of fused-ring (bicyclic) bond motifs is 6. The summed E-state index contributed by atoms with van der Waals surface area (Å²) in [4.78, 5) is 0. The molecule has 4 nitrogen and oxygen atoms in total. The fourth-order valence-electron chi connectivity index (χ4n) is 4.64. The highest BCUT2D eigenvalue weighted by atomic mass is 127. The number of anilines is 2. The Labute approximate surface area is 241 Å². The summed E-state index contributed by atoms with van der Waals surface area (Å²) >= 11 is 8.44. The van der Waals surface area contributed by atoms with Crippen LogP contribution in [0.3, 0.4) is 0 Å². The average Bonchev–Trinajstić information content (AvgIpc) is 3.60. The van der Waals surface area contributed by atoms with Crippen LogP contribution in [0.25, 0.3) is 41.7 Å². The van der Waals surface area contributed by atoms with Crippen LogP contribution in [0.2, 0.25) is 0 Å². The summed E-state index contributed by atoms with van der Waals surface area (Å²) in [7, 11) is 0. The third-order valence-corrected chi connectivity index (χ3v) is 10.1. The number of halogens is 2. The Kier molecular flexibility index (Phi) is 5.72. The Hall–Kier alpha value is -2.54. The van der Waals surface area contributed by atoms with Crippen molar-refractivity contribution in [1.82, 2.24) is 0 Å². The SMILES string of the molecule is Ic1cc2/c(=N\Nc3ccccc3)c3cc4c(cc3c2s1)/c(=N/Nc1ccccc1)c1cc(I)sc14. The number of para-hydroxylation sites is 2. The molecule has 0 unspecified atom stereocenters. The number of nitrogens with one attached hydrogen (secondary N) is 2. The maximum absolute atomic E-state index is 4.90. The molecule has 2 N–H and O–H groups in total. The van der Waals surface area contributed by atoms with Gasteiger partial charge in [-0.15, -0.1) is 22.7 Å². The third-order valence-electron chi connectivity index (χ3n) is 6.21. The summed E-state index contributed by atoms with van der Waals surface area (Å²) in [5.74, 6) is 0. The lowest BCUT2D eigenvalue weighted by Gasteiger charge is -2.00. The van der Waals surface area contributed by atoms with Gasteiger partial charge in [0.1, 0.15) is 0 Å². The first-order valence-corrected chi connectivity index (χ1v) is 15.0. The smallest absolute Gasteiger partial charge is 0.0999 e. The molecule has 0 aliphatic carbocycles. The van der Waals surface area contributed by atoms with E-state index in [4.69, 9.17) is 10.2 Å². The molecule has 0 bridgehead atoms.